The van der Waals surface area contributed by atoms with Gasteiger partial charge in [0.2, 0.25) is 21.1 Å². The molecule has 4 rings (SSSR count). The highest BCUT2D eigenvalue weighted by atomic mass is 32.2. The molecule has 2 aromatic carbocycles. The Bertz CT molecular complexity index is 1090. The van der Waals surface area contributed by atoms with Crippen molar-refractivity contribution < 1.29 is 13.2 Å². The number of thioether (sulfide) groups is 1. The Labute approximate surface area is 172 Å². The molecule has 11 heteroatoms. The Kier molecular flexibility index (Phi) is 5.60. The third-order valence-electron chi connectivity index (χ3n) is 4.45. The molecule has 3 aromatic rings. The van der Waals surface area contributed by atoms with Crippen LogP contribution < -0.4 is 0 Å². The minimum absolute atomic E-state index is 0.0419. The van der Waals surface area contributed by atoms with Gasteiger partial charge >= 0.3 is 0 Å². The smallest absolute Gasteiger partial charge is 0.244 e. The van der Waals surface area contributed by atoms with E-state index in [1.807, 2.05) is 30.3 Å². The number of nitrogens with zero attached hydrogens (tertiary/aromatic N) is 6. The molecular weight excluding hydrogens is 412 g/mol. The summed E-state index contributed by atoms with van der Waals surface area (Å²) in [6.45, 7) is 0.671. The largest absolute Gasteiger partial charge is 0.327 e. The number of para-hydroxylation sites is 1. The highest BCUT2D eigenvalue weighted by molar-refractivity contribution is 7.99. The number of tetrazole rings is 1. The highest BCUT2D eigenvalue weighted by Gasteiger charge is 2.33. The predicted molar refractivity (Wildman–Crippen MR) is 107 cm³/mol. The number of rotatable bonds is 6. The van der Waals surface area contributed by atoms with Gasteiger partial charge in [0, 0.05) is 13.1 Å². The third kappa shape index (κ3) is 4.16. The first-order chi connectivity index (χ1) is 14.1. The summed E-state index contributed by atoms with van der Waals surface area (Å²) < 4.78 is 28.3. The van der Waals surface area contributed by atoms with Gasteiger partial charge in [-0.2, -0.15) is 8.99 Å². The maximum atomic E-state index is 12.7. The fourth-order valence-electron chi connectivity index (χ4n) is 2.92. The van der Waals surface area contributed by atoms with E-state index in [0.29, 0.717) is 11.7 Å². The molecule has 150 valence electrons. The van der Waals surface area contributed by atoms with Gasteiger partial charge in [-0.05, 0) is 34.7 Å². The molecule has 0 radical (unpaired) electrons. The molecule has 0 aliphatic carbocycles. The van der Waals surface area contributed by atoms with Crippen molar-refractivity contribution in [2.75, 3.05) is 25.5 Å². The Morgan fingerprint density at radius 3 is 2.41 bits per heavy atom. The van der Waals surface area contributed by atoms with Crippen LogP contribution in [0.1, 0.15) is 0 Å². The van der Waals surface area contributed by atoms with Crippen LogP contribution in [0.3, 0.4) is 0 Å². The fraction of sp³-hybridized carbons (Fsp3) is 0.222. The summed E-state index contributed by atoms with van der Waals surface area (Å²) >= 11 is 1.22. The van der Waals surface area contributed by atoms with Crippen LogP contribution in [0.25, 0.3) is 5.69 Å². The first kappa shape index (κ1) is 19.6. The van der Waals surface area contributed by atoms with Gasteiger partial charge < -0.3 is 4.90 Å². The van der Waals surface area contributed by atoms with Gasteiger partial charge in [-0.25, -0.2) is 8.42 Å². The summed E-state index contributed by atoms with van der Waals surface area (Å²) in [4.78, 5) is 14.4. The van der Waals surface area contributed by atoms with Crippen molar-refractivity contribution in [3.63, 3.8) is 0 Å². The second-order valence-electron chi connectivity index (χ2n) is 6.29. The van der Waals surface area contributed by atoms with Crippen LogP contribution >= 0.6 is 11.8 Å². The van der Waals surface area contributed by atoms with E-state index in [2.05, 4.69) is 15.5 Å². The zero-order chi connectivity index (χ0) is 20.3. The molecule has 9 nitrogen and oxygen atoms in total. The van der Waals surface area contributed by atoms with Gasteiger partial charge in [0.15, 0.2) is 0 Å². The molecule has 0 spiro atoms. The normalized spacial score (nSPS) is 15.0. The van der Waals surface area contributed by atoms with Gasteiger partial charge in [-0.15, -0.1) is 5.10 Å². The van der Waals surface area contributed by atoms with Crippen LogP contribution in [-0.4, -0.2) is 69.2 Å². The number of hydrogen-bond donors (Lipinski definition) is 0. The minimum atomic E-state index is -3.61. The second kappa shape index (κ2) is 8.31. The lowest BCUT2D eigenvalue weighted by Crippen LogP contribution is -2.34. The van der Waals surface area contributed by atoms with Crippen molar-refractivity contribution in [3.05, 3.63) is 60.7 Å². The standard InChI is InChI=1S/C18H18N6O3S2/c25-17(13-28-18-19-20-21-24(18)15-7-3-1-4-8-15)22-11-12-23(14-22)29(26,27)16-9-5-2-6-10-16/h1-10H,11-14H2. The molecule has 0 atom stereocenters. The molecule has 1 fully saturated rings. The van der Waals surface area contributed by atoms with Crippen molar-refractivity contribution in [2.24, 2.45) is 0 Å². The van der Waals surface area contributed by atoms with E-state index in [1.165, 1.54) is 21.0 Å². The Balaban J connectivity index is 1.38. The van der Waals surface area contributed by atoms with Crippen LogP contribution in [0.2, 0.25) is 0 Å². The average Bonchev–Trinajstić information content (AvgIpc) is 3.43. The molecule has 0 N–H and O–H groups in total. The molecule has 0 unspecified atom stereocenters. The molecule has 0 bridgehead atoms. The summed E-state index contributed by atoms with van der Waals surface area (Å²) in [5.41, 5.74) is 0.800. The highest BCUT2D eigenvalue weighted by Crippen LogP contribution is 2.22. The van der Waals surface area contributed by atoms with Crippen molar-refractivity contribution in [3.8, 4) is 5.69 Å². The molecule has 2 heterocycles. The molecule has 1 amide bonds. The van der Waals surface area contributed by atoms with Gasteiger partial charge in [0.25, 0.3) is 0 Å². The first-order valence-corrected chi connectivity index (χ1v) is 11.3. The molecule has 29 heavy (non-hydrogen) atoms. The molecular formula is C18H18N6O3S2. The lowest BCUT2D eigenvalue weighted by atomic mass is 10.3. The van der Waals surface area contributed by atoms with E-state index in [1.54, 1.807) is 35.0 Å². The lowest BCUT2D eigenvalue weighted by molar-refractivity contribution is -0.127. The molecule has 1 aliphatic heterocycles. The van der Waals surface area contributed by atoms with Crippen molar-refractivity contribution in [1.82, 2.24) is 29.4 Å². The van der Waals surface area contributed by atoms with Crippen molar-refractivity contribution in [2.45, 2.75) is 10.1 Å². The maximum absolute atomic E-state index is 12.7. The van der Waals surface area contributed by atoms with E-state index < -0.39 is 10.0 Å². The Hall–Kier alpha value is -2.76. The van der Waals surface area contributed by atoms with Gasteiger partial charge in [0.05, 0.1) is 23.0 Å². The number of hydrogen-bond acceptors (Lipinski definition) is 7. The maximum Gasteiger partial charge on any atom is 0.244 e. The number of amides is 1. The van der Waals surface area contributed by atoms with Crippen LogP contribution in [0.15, 0.2) is 70.7 Å². The van der Waals surface area contributed by atoms with E-state index in [9.17, 15) is 13.2 Å². The van der Waals surface area contributed by atoms with Crippen LogP contribution in [0.5, 0.6) is 0 Å². The lowest BCUT2D eigenvalue weighted by Gasteiger charge is -2.18. The monoisotopic (exact) mass is 430 g/mol. The summed E-state index contributed by atoms with van der Waals surface area (Å²) in [7, 11) is -3.61. The SMILES string of the molecule is O=C(CSc1nnnn1-c1ccccc1)N1CCN(S(=O)(=O)c2ccccc2)C1. The third-order valence-corrected chi connectivity index (χ3v) is 7.20. The quantitative estimate of drug-likeness (QED) is 0.542. The predicted octanol–water partition coefficient (Wildman–Crippen LogP) is 1.24. The second-order valence-corrected chi connectivity index (χ2v) is 9.17. The van der Waals surface area contributed by atoms with E-state index in [4.69, 9.17) is 0 Å². The fourth-order valence-corrected chi connectivity index (χ4v) is 5.13. The zero-order valence-electron chi connectivity index (χ0n) is 15.3. The first-order valence-electron chi connectivity index (χ1n) is 8.85. The number of aromatic nitrogens is 4. The van der Waals surface area contributed by atoms with Crippen molar-refractivity contribution in [1.29, 1.82) is 0 Å². The van der Waals surface area contributed by atoms with E-state index >= 15 is 0 Å². The van der Waals surface area contributed by atoms with Crippen LogP contribution in [-0.2, 0) is 14.8 Å². The van der Waals surface area contributed by atoms with Crippen LogP contribution in [0.4, 0.5) is 0 Å². The molecule has 1 aromatic heterocycles. The zero-order valence-corrected chi connectivity index (χ0v) is 17.0. The minimum Gasteiger partial charge on any atom is -0.327 e. The number of carbonyl (C=O) groups is 1. The van der Waals surface area contributed by atoms with Gasteiger partial charge in [-0.3, -0.25) is 4.79 Å². The summed E-state index contributed by atoms with van der Waals surface area (Å²) in [5.74, 6) is -0.0461. The summed E-state index contributed by atoms with van der Waals surface area (Å²) in [6, 6.07) is 17.6. The number of benzene rings is 2. The topological polar surface area (TPSA) is 101 Å². The van der Waals surface area contributed by atoms with E-state index in [0.717, 1.165) is 5.69 Å². The molecule has 1 saturated heterocycles. The molecule has 0 saturated carbocycles. The Morgan fingerprint density at radius 2 is 1.69 bits per heavy atom. The van der Waals surface area contributed by atoms with Crippen LogP contribution in [0, 0.1) is 0 Å². The van der Waals surface area contributed by atoms with Crippen molar-refractivity contribution >= 4 is 27.7 Å². The van der Waals surface area contributed by atoms with Gasteiger partial charge in [0.1, 0.15) is 0 Å². The number of carbonyl (C=O) groups excluding carboxylic acids is 1. The number of sulfonamides is 1. The van der Waals surface area contributed by atoms with E-state index in [-0.39, 0.29) is 29.8 Å². The molecule has 1 aliphatic rings. The Morgan fingerprint density at radius 1 is 1.00 bits per heavy atom. The summed E-state index contributed by atoms with van der Waals surface area (Å²) in [5, 5.41) is 12.1. The average molecular weight is 431 g/mol. The van der Waals surface area contributed by atoms with Gasteiger partial charge in [-0.1, -0.05) is 48.2 Å². The summed E-state index contributed by atoms with van der Waals surface area (Å²) in [6.07, 6.45) is 0.